The summed E-state index contributed by atoms with van der Waals surface area (Å²) in [7, 11) is 1.61. The minimum Gasteiger partial charge on any atom is -0.497 e. The molecule has 0 spiro atoms. The number of carbonyl (C=O) groups excluding carboxylic acids is 1. The summed E-state index contributed by atoms with van der Waals surface area (Å²) in [5.41, 5.74) is 1.10. The molecule has 2 rings (SSSR count). The standard InChI is InChI=1S/C16H20N2O3/c1-11(2)8-9-17-16(19)14-15(21-10-18-14)12-4-6-13(20-3)7-5-12/h4-7,10-11H,8-9H2,1-3H3,(H,17,19). The number of methoxy groups -OCH3 is 1. The van der Waals surface area contributed by atoms with E-state index in [9.17, 15) is 4.79 Å². The highest BCUT2D eigenvalue weighted by atomic mass is 16.5. The maximum Gasteiger partial charge on any atom is 0.273 e. The van der Waals surface area contributed by atoms with Crippen molar-refractivity contribution in [1.29, 1.82) is 0 Å². The van der Waals surface area contributed by atoms with Crippen LogP contribution in [0.2, 0.25) is 0 Å². The van der Waals surface area contributed by atoms with E-state index in [1.165, 1.54) is 6.39 Å². The highest BCUT2D eigenvalue weighted by molar-refractivity contribution is 5.97. The first-order chi connectivity index (χ1) is 10.1. The first kappa shape index (κ1) is 15.1. The average molecular weight is 288 g/mol. The van der Waals surface area contributed by atoms with Gasteiger partial charge in [-0.25, -0.2) is 4.98 Å². The summed E-state index contributed by atoms with van der Waals surface area (Å²) in [6, 6.07) is 7.31. The topological polar surface area (TPSA) is 64.4 Å². The number of rotatable bonds is 6. The first-order valence-corrected chi connectivity index (χ1v) is 6.98. The molecule has 2 aromatic rings. The second kappa shape index (κ2) is 6.92. The molecule has 1 heterocycles. The summed E-state index contributed by atoms with van der Waals surface area (Å²) in [4.78, 5) is 16.2. The smallest absolute Gasteiger partial charge is 0.273 e. The third kappa shape index (κ3) is 3.84. The van der Waals surface area contributed by atoms with Gasteiger partial charge in [-0.3, -0.25) is 4.79 Å². The van der Waals surface area contributed by atoms with Gasteiger partial charge in [-0.05, 0) is 36.6 Å². The van der Waals surface area contributed by atoms with Gasteiger partial charge in [-0.15, -0.1) is 0 Å². The number of hydrogen-bond acceptors (Lipinski definition) is 4. The molecule has 21 heavy (non-hydrogen) atoms. The highest BCUT2D eigenvalue weighted by Gasteiger charge is 2.17. The monoisotopic (exact) mass is 288 g/mol. The summed E-state index contributed by atoms with van der Waals surface area (Å²) in [5, 5.41) is 2.86. The summed E-state index contributed by atoms with van der Waals surface area (Å²) < 4.78 is 10.5. The molecule has 1 aromatic carbocycles. The molecule has 0 aliphatic heterocycles. The van der Waals surface area contributed by atoms with Crippen molar-refractivity contribution >= 4 is 5.91 Å². The van der Waals surface area contributed by atoms with Crippen LogP contribution in [0.25, 0.3) is 11.3 Å². The summed E-state index contributed by atoms with van der Waals surface area (Å²) in [6.07, 6.45) is 2.22. The van der Waals surface area contributed by atoms with Crippen molar-refractivity contribution in [2.24, 2.45) is 5.92 Å². The average Bonchev–Trinajstić information content (AvgIpc) is 2.96. The van der Waals surface area contributed by atoms with Crippen LogP contribution in [-0.2, 0) is 0 Å². The lowest BCUT2D eigenvalue weighted by Crippen LogP contribution is -2.26. The molecule has 5 heteroatoms. The lowest BCUT2D eigenvalue weighted by molar-refractivity contribution is 0.0948. The van der Waals surface area contributed by atoms with Gasteiger partial charge in [0.25, 0.3) is 5.91 Å². The SMILES string of the molecule is COc1ccc(-c2ocnc2C(=O)NCCC(C)C)cc1. The number of hydrogen-bond donors (Lipinski definition) is 1. The van der Waals surface area contributed by atoms with Crippen LogP contribution in [0, 0.1) is 5.92 Å². The molecular weight excluding hydrogens is 268 g/mol. The summed E-state index contributed by atoms with van der Waals surface area (Å²) >= 11 is 0. The predicted octanol–water partition coefficient (Wildman–Crippen LogP) is 3.13. The Bertz CT molecular complexity index is 588. The number of nitrogens with one attached hydrogen (secondary N) is 1. The fourth-order valence-electron chi connectivity index (χ4n) is 1.91. The van der Waals surface area contributed by atoms with Crippen molar-refractivity contribution in [2.45, 2.75) is 20.3 Å². The van der Waals surface area contributed by atoms with Crippen LogP contribution in [0.1, 0.15) is 30.8 Å². The highest BCUT2D eigenvalue weighted by Crippen LogP contribution is 2.25. The maximum atomic E-state index is 12.1. The van der Waals surface area contributed by atoms with Crippen LogP contribution in [0.4, 0.5) is 0 Å². The number of nitrogens with zero attached hydrogens (tertiary/aromatic N) is 1. The Balaban J connectivity index is 2.11. The lowest BCUT2D eigenvalue weighted by Gasteiger charge is -2.07. The van der Waals surface area contributed by atoms with Gasteiger partial charge in [0.15, 0.2) is 17.8 Å². The molecule has 5 nitrogen and oxygen atoms in total. The second-order valence-corrected chi connectivity index (χ2v) is 5.20. The fraction of sp³-hybridized carbons (Fsp3) is 0.375. The van der Waals surface area contributed by atoms with E-state index in [-0.39, 0.29) is 5.91 Å². The Kier molecular flexibility index (Phi) is 4.98. The van der Waals surface area contributed by atoms with Gasteiger partial charge >= 0.3 is 0 Å². The van der Waals surface area contributed by atoms with E-state index in [0.717, 1.165) is 17.7 Å². The third-order valence-corrected chi connectivity index (χ3v) is 3.14. The molecule has 1 N–H and O–H groups in total. The van der Waals surface area contributed by atoms with Crippen molar-refractivity contribution in [3.63, 3.8) is 0 Å². The van der Waals surface area contributed by atoms with Crippen LogP contribution in [0.3, 0.4) is 0 Å². The normalized spacial score (nSPS) is 10.7. The quantitative estimate of drug-likeness (QED) is 0.887. The number of oxazole rings is 1. The minimum absolute atomic E-state index is 0.213. The minimum atomic E-state index is -0.213. The van der Waals surface area contributed by atoms with Crippen molar-refractivity contribution in [3.8, 4) is 17.1 Å². The maximum absolute atomic E-state index is 12.1. The van der Waals surface area contributed by atoms with Gasteiger partial charge in [0.2, 0.25) is 0 Å². The molecule has 0 aliphatic rings. The van der Waals surface area contributed by atoms with Crippen LogP contribution in [0.5, 0.6) is 5.75 Å². The summed E-state index contributed by atoms with van der Waals surface area (Å²) in [6.45, 7) is 4.86. The first-order valence-electron chi connectivity index (χ1n) is 6.98. The van der Waals surface area contributed by atoms with Crippen molar-refractivity contribution < 1.29 is 13.9 Å². The second-order valence-electron chi connectivity index (χ2n) is 5.20. The third-order valence-electron chi connectivity index (χ3n) is 3.14. The van der Waals surface area contributed by atoms with E-state index < -0.39 is 0 Å². The van der Waals surface area contributed by atoms with E-state index in [0.29, 0.717) is 23.9 Å². The van der Waals surface area contributed by atoms with Crippen LogP contribution >= 0.6 is 0 Å². The van der Waals surface area contributed by atoms with Crippen molar-refractivity contribution in [3.05, 3.63) is 36.4 Å². The van der Waals surface area contributed by atoms with Gasteiger partial charge < -0.3 is 14.5 Å². The molecule has 0 unspecified atom stereocenters. The molecule has 0 radical (unpaired) electrons. The molecule has 0 aliphatic carbocycles. The molecular formula is C16H20N2O3. The Morgan fingerprint density at radius 1 is 1.33 bits per heavy atom. The zero-order chi connectivity index (χ0) is 15.2. The summed E-state index contributed by atoms with van der Waals surface area (Å²) in [5.74, 6) is 1.56. The fourth-order valence-corrected chi connectivity index (χ4v) is 1.91. The van der Waals surface area contributed by atoms with Crippen molar-refractivity contribution in [2.75, 3.05) is 13.7 Å². The Labute approximate surface area is 124 Å². The molecule has 0 fully saturated rings. The van der Waals surface area contributed by atoms with Gasteiger partial charge in [-0.2, -0.15) is 0 Å². The van der Waals surface area contributed by atoms with Gasteiger partial charge in [0, 0.05) is 12.1 Å². The van der Waals surface area contributed by atoms with Gasteiger partial charge in [0.1, 0.15) is 5.75 Å². The number of carbonyl (C=O) groups is 1. The number of benzene rings is 1. The Morgan fingerprint density at radius 3 is 2.67 bits per heavy atom. The predicted molar refractivity (Wildman–Crippen MR) is 80.3 cm³/mol. The Morgan fingerprint density at radius 2 is 2.05 bits per heavy atom. The molecule has 0 bridgehead atoms. The van der Waals surface area contributed by atoms with Gasteiger partial charge in [-0.1, -0.05) is 13.8 Å². The van der Waals surface area contributed by atoms with Crippen LogP contribution < -0.4 is 10.1 Å². The van der Waals surface area contributed by atoms with E-state index in [1.807, 2.05) is 24.3 Å². The number of ether oxygens (including phenoxy) is 1. The van der Waals surface area contributed by atoms with Crippen LogP contribution in [-0.4, -0.2) is 24.5 Å². The van der Waals surface area contributed by atoms with Crippen LogP contribution in [0.15, 0.2) is 35.1 Å². The van der Waals surface area contributed by atoms with E-state index in [1.54, 1.807) is 7.11 Å². The number of amides is 1. The molecule has 1 amide bonds. The largest absolute Gasteiger partial charge is 0.497 e. The molecule has 112 valence electrons. The number of aromatic nitrogens is 1. The lowest BCUT2D eigenvalue weighted by atomic mass is 10.1. The van der Waals surface area contributed by atoms with Gasteiger partial charge in [0.05, 0.1) is 7.11 Å². The van der Waals surface area contributed by atoms with E-state index in [2.05, 4.69) is 24.1 Å². The molecule has 0 atom stereocenters. The zero-order valence-electron chi connectivity index (χ0n) is 12.6. The Hall–Kier alpha value is -2.30. The van der Waals surface area contributed by atoms with E-state index in [4.69, 9.17) is 9.15 Å². The van der Waals surface area contributed by atoms with E-state index >= 15 is 0 Å². The zero-order valence-corrected chi connectivity index (χ0v) is 12.6. The molecule has 0 saturated carbocycles. The molecule has 1 aromatic heterocycles. The van der Waals surface area contributed by atoms with Crippen molar-refractivity contribution in [1.82, 2.24) is 10.3 Å². The molecule has 0 saturated heterocycles.